The van der Waals surface area contributed by atoms with Crippen LogP contribution in [-0.2, 0) is 11.3 Å². The predicted molar refractivity (Wildman–Crippen MR) is 126 cm³/mol. The number of anilines is 2. The predicted octanol–water partition coefficient (Wildman–Crippen LogP) is 4.60. The molecule has 10 nitrogen and oxygen atoms in total. The highest BCUT2D eigenvalue weighted by molar-refractivity contribution is 9.10. The van der Waals surface area contributed by atoms with Crippen LogP contribution >= 0.6 is 15.9 Å². The van der Waals surface area contributed by atoms with Crippen LogP contribution in [0.5, 0.6) is 5.75 Å². The molecule has 1 amide bonds. The molecule has 0 radical (unpaired) electrons. The number of carbonyl (C=O) groups excluding carboxylic acids is 1. The summed E-state index contributed by atoms with van der Waals surface area (Å²) in [5.74, 6) is 1.46. The normalized spacial score (nSPS) is 11.1. The van der Waals surface area contributed by atoms with Crippen LogP contribution in [0, 0.1) is 0 Å². The van der Waals surface area contributed by atoms with Crippen molar-refractivity contribution in [1.29, 1.82) is 0 Å². The van der Waals surface area contributed by atoms with Gasteiger partial charge in [-0.15, -0.1) is 0 Å². The zero-order chi connectivity index (χ0) is 23.1. The number of hydrogen-bond acceptors (Lipinski definition) is 8. The summed E-state index contributed by atoms with van der Waals surface area (Å²) in [6.07, 6.45) is 6.84. The lowest BCUT2D eigenvalue weighted by Crippen LogP contribution is -2.22. The second-order valence-corrected chi connectivity index (χ2v) is 8.10. The summed E-state index contributed by atoms with van der Waals surface area (Å²) in [4.78, 5) is 25.0. The number of nitrogens with zero attached hydrogens (tertiary/aromatic N) is 5. The molecule has 3 rings (SSSR count). The molecular weight excluding hydrogens is 478 g/mol. The number of rotatable bonds is 10. The average Bonchev–Trinajstić information content (AvgIpc) is 3.18. The lowest BCUT2D eigenvalue weighted by Gasteiger charge is -2.19. The standard InChI is InChI=1S/C21H28BrN7O3/c1-5-7-14(8-6-2)25-19-18-15(26-20(27-19)28-21(30)32-4)11-24-29(18)12-13-10-23-17(22)9-16(13)31-3/h9-11,14H,5-8,12H2,1-4H3,(H2,25,26,27,28,30). The van der Waals surface area contributed by atoms with Crippen molar-refractivity contribution in [3.8, 4) is 5.75 Å². The molecule has 0 aromatic carbocycles. The number of amides is 1. The number of halogens is 1. The topological polar surface area (TPSA) is 116 Å². The molecule has 0 atom stereocenters. The summed E-state index contributed by atoms with van der Waals surface area (Å²) in [6, 6.07) is 2.05. The smallest absolute Gasteiger partial charge is 0.413 e. The number of ether oxygens (including phenoxy) is 2. The van der Waals surface area contributed by atoms with Gasteiger partial charge in [-0.1, -0.05) is 26.7 Å². The van der Waals surface area contributed by atoms with Crippen molar-refractivity contribution in [3.05, 3.63) is 28.6 Å². The van der Waals surface area contributed by atoms with Crippen LogP contribution in [0.1, 0.15) is 45.1 Å². The highest BCUT2D eigenvalue weighted by atomic mass is 79.9. The molecule has 0 aliphatic carbocycles. The van der Waals surface area contributed by atoms with E-state index >= 15 is 0 Å². The first-order valence-corrected chi connectivity index (χ1v) is 11.3. The lowest BCUT2D eigenvalue weighted by molar-refractivity contribution is 0.186. The molecule has 3 aromatic rings. The van der Waals surface area contributed by atoms with Crippen molar-refractivity contribution >= 4 is 44.8 Å². The maximum Gasteiger partial charge on any atom is 0.413 e. The Balaban J connectivity index is 2.05. The molecule has 0 saturated carbocycles. The Morgan fingerprint density at radius 3 is 2.59 bits per heavy atom. The Morgan fingerprint density at radius 1 is 1.19 bits per heavy atom. The van der Waals surface area contributed by atoms with Crippen LogP contribution in [0.4, 0.5) is 16.6 Å². The minimum atomic E-state index is -0.632. The molecular formula is C21H28BrN7O3. The molecule has 0 aliphatic heterocycles. The van der Waals surface area contributed by atoms with Gasteiger partial charge in [-0.2, -0.15) is 10.1 Å². The zero-order valence-corrected chi connectivity index (χ0v) is 20.3. The number of aromatic nitrogens is 5. The van der Waals surface area contributed by atoms with E-state index in [9.17, 15) is 4.79 Å². The van der Waals surface area contributed by atoms with Crippen LogP contribution in [0.15, 0.2) is 23.1 Å². The van der Waals surface area contributed by atoms with Crippen LogP contribution < -0.4 is 15.4 Å². The van der Waals surface area contributed by atoms with E-state index in [0.717, 1.165) is 36.8 Å². The Kier molecular flexibility index (Phi) is 8.20. The molecule has 172 valence electrons. The van der Waals surface area contributed by atoms with Crippen molar-refractivity contribution in [2.45, 2.75) is 52.1 Å². The van der Waals surface area contributed by atoms with Gasteiger partial charge in [-0.25, -0.2) is 14.8 Å². The van der Waals surface area contributed by atoms with Gasteiger partial charge in [-0.05, 0) is 28.8 Å². The second kappa shape index (κ2) is 11.1. The van der Waals surface area contributed by atoms with Crippen LogP contribution in [0.25, 0.3) is 11.0 Å². The fourth-order valence-corrected chi connectivity index (χ4v) is 3.82. The van der Waals surface area contributed by atoms with E-state index in [-0.39, 0.29) is 12.0 Å². The Labute approximate surface area is 195 Å². The van der Waals surface area contributed by atoms with E-state index in [1.165, 1.54) is 7.11 Å². The number of nitrogens with one attached hydrogen (secondary N) is 2. The van der Waals surface area contributed by atoms with E-state index in [4.69, 9.17) is 4.74 Å². The minimum absolute atomic E-state index is 0.154. The van der Waals surface area contributed by atoms with Crippen molar-refractivity contribution in [3.63, 3.8) is 0 Å². The van der Waals surface area contributed by atoms with E-state index < -0.39 is 6.09 Å². The number of pyridine rings is 1. The number of fused-ring (bicyclic) bond motifs is 1. The van der Waals surface area contributed by atoms with Gasteiger partial charge >= 0.3 is 6.09 Å². The molecule has 0 saturated heterocycles. The largest absolute Gasteiger partial charge is 0.496 e. The van der Waals surface area contributed by atoms with E-state index in [1.807, 2.05) is 10.7 Å². The SMILES string of the molecule is CCCC(CCC)Nc1nc(NC(=O)OC)nc2cnn(Cc3cnc(Br)cc3OC)c12. The summed E-state index contributed by atoms with van der Waals surface area (Å²) in [6.45, 7) is 4.73. The number of methoxy groups -OCH3 is 2. The van der Waals surface area contributed by atoms with Crippen molar-refractivity contribution in [2.75, 3.05) is 24.9 Å². The summed E-state index contributed by atoms with van der Waals surface area (Å²) in [5, 5.41) is 10.6. The van der Waals surface area contributed by atoms with Gasteiger partial charge in [0.2, 0.25) is 5.95 Å². The van der Waals surface area contributed by atoms with Gasteiger partial charge in [0.05, 0.1) is 27.0 Å². The maximum atomic E-state index is 11.7. The molecule has 0 fully saturated rings. The molecule has 32 heavy (non-hydrogen) atoms. The minimum Gasteiger partial charge on any atom is -0.496 e. The van der Waals surface area contributed by atoms with Gasteiger partial charge in [0.25, 0.3) is 0 Å². The first-order chi connectivity index (χ1) is 15.5. The third kappa shape index (κ3) is 5.64. The molecule has 2 N–H and O–H groups in total. The van der Waals surface area contributed by atoms with E-state index in [0.29, 0.717) is 28.2 Å². The molecule has 11 heteroatoms. The third-order valence-electron chi connectivity index (χ3n) is 4.95. The zero-order valence-electron chi connectivity index (χ0n) is 18.7. The monoisotopic (exact) mass is 505 g/mol. The maximum absolute atomic E-state index is 11.7. The van der Waals surface area contributed by atoms with Gasteiger partial charge in [-0.3, -0.25) is 10.00 Å². The quantitative estimate of drug-likeness (QED) is 0.384. The summed E-state index contributed by atoms with van der Waals surface area (Å²) >= 11 is 3.37. The molecule has 3 heterocycles. The molecule has 0 aliphatic rings. The van der Waals surface area contributed by atoms with Crippen LogP contribution in [0.2, 0.25) is 0 Å². The summed E-state index contributed by atoms with van der Waals surface area (Å²) < 4.78 is 12.7. The van der Waals surface area contributed by atoms with E-state index in [1.54, 1.807) is 19.5 Å². The highest BCUT2D eigenvalue weighted by Crippen LogP contribution is 2.27. The van der Waals surface area contributed by atoms with Gasteiger partial charge in [0.15, 0.2) is 5.82 Å². The highest BCUT2D eigenvalue weighted by Gasteiger charge is 2.19. The number of carbonyl (C=O) groups is 1. The lowest BCUT2D eigenvalue weighted by atomic mass is 10.1. The average molecular weight is 506 g/mol. The second-order valence-electron chi connectivity index (χ2n) is 7.29. The first-order valence-electron chi connectivity index (χ1n) is 10.5. The Morgan fingerprint density at radius 2 is 1.94 bits per heavy atom. The fraction of sp³-hybridized carbons (Fsp3) is 0.476. The number of hydrogen-bond donors (Lipinski definition) is 2. The van der Waals surface area contributed by atoms with Gasteiger partial charge < -0.3 is 14.8 Å². The van der Waals surface area contributed by atoms with Crippen molar-refractivity contribution in [2.24, 2.45) is 0 Å². The van der Waals surface area contributed by atoms with E-state index in [2.05, 4.69) is 65.2 Å². The Bertz CT molecular complexity index is 1070. The van der Waals surface area contributed by atoms with Gasteiger partial charge in [0.1, 0.15) is 21.4 Å². The van der Waals surface area contributed by atoms with Crippen molar-refractivity contribution < 1.29 is 14.3 Å². The van der Waals surface area contributed by atoms with Crippen molar-refractivity contribution in [1.82, 2.24) is 24.7 Å². The third-order valence-corrected chi connectivity index (χ3v) is 5.39. The fourth-order valence-electron chi connectivity index (χ4n) is 3.51. The summed E-state index contributed by atoms with van der Waals surface area (Å²) in [7, 11) is 2.91. The molecule has 3 aromatic heterocycles. The summed E-state index contributed by atoms with van der Waals surface area (Å²) in [5.41, 5.74) is 2.20. The van der Waals surface area contributed by atoms with Gasteiger partial charge in [0, 0.05) is 23.9 Å². The Hall–Kier alpha value is -2.95. The van der Waals surface area contributed by atoms with Crippen LogP contribution in [0.3, 0.4) is 0 Å². The molecule has 0 unspecified atom stereocenters. The molecule has 0 spiro atoms. The first kappa shape index (κ1) is 23.7. The molecule has 0 bridgehead atoms. The van der Waals surface area contributed by atoms with Crippen LogP contribution in [-0.4, -0.2) is 51.1 Å².